The van der Waals surface area contributed by atoms with E-state index >= 15 is 0 Å². The minimum atomic E-state index is 0.846. The first kappa shape index (κ1) is 16.8. The summed E-state index contributed by atoms with van der Waals surface area (Å²) in [7, 11) is 0. The largest absolute Gasteiger partial charge is 0.385 e. The molecule has 3 nitrogen and oxygen atoms in total. The fourth-order valence-electron chi connectivity index (χ4n) is 2.15. The monoisotopic (exact) mass is 277 g/mol. The molecule has 0 bridgehead atoms. The van der Waals surface area contributed by atoms with Gasteiger partial charge in [0.05, 0.1) is 0 Å². The van der Waals surface area contributed by atoms with Crippen LogP contribution in [0.25, 0.3) is 0 Å². The fraction of sp³-hybridized carbons (Fsp3) is 0.706. The Morgan fingerprint density at radius 3 is 2.60 bits per heavy atom. The highest BCUT2D eigenvalue weighted by atomic mass is 15.0. The number of nitrogens with zero attached hydrogens (tertiary/aromatic N) is 1. The van der Waals surface area contributed by atoms with Crippen LogP contribution in [0.4, 0.5) is 11.5 Å². The Labute approximate surface area is 124 Å². The third-order valence-electron chi connectivity index (χ3n) is 3.35. The van der Waals surface area contributed by atoms with Crippen molar-refractivity contribution in [1.29, 1.82) is 0 Å². The van der Waals surface area contributed by atoms with Gasteiger partial charge >= 0.3 is 0 Å². The van der Waals surface area contributed by atoms with E-state index in [1.54, 1.807) is 0 Å². The number of hydrogen-bond donors (Lipinski definition) is 2. The van der Waals surface area contributed by atoms with Crippen LogP contribution in [0.1, 0.15) is 59.3 Å². The zero-order valence-electron chi connectivity index (χ0n) is 13.4. The standard InChI is InChI=1S/C17H31N3/c1-4-11-19-17-14-16(10-13-20-17)18-12-8-6-5-7-9-15(2)3/h10,13-15H,4-9,11-12H2,1-3H3,(H2,18,19,20). The molecule has 0 atom stereocenters. The summed E-state index contributed by atoms with van der Waals surface area (Å²) in [5.74, 6) is 1.81. The lowest BCUT2D eigenvalue weighted by molar-refractivity contribution is 0.523. The van der Waals surface area contributed by atoms with Gasteiger partial charge in [0.25, 0.3) is 0 Å². The van der Waals surface area contributed by atoms with Gasteiger partial charge in [-0.1, -0.05) is 46.5 Å². The van der Waals surface area contributed by atoms with Crippen LogP contribution in [0.15, 0.2) is 18.3 Å². The lowest BCUT2D eigenvalue weighted by Gasteiger charge is -2.09. The number of hydrogen-bond acceptors (Lipinski definition) is 3. The van der Waals surface area contributed by atoms with Gasteiger partial charge in [0.2, 0.25) is 0 Å². The highest BCUT2D eigenvalue weighted by Crippen LogP contribution is 2.13. The summed E-state index contributed by atoms with van der Waals surface area (Å²) < 4.78 is 0. The molecule has 1 heterocycles. The lowest BCUT2D eigenvalue weighted by Crippen LogP contribution is -2.05. The van der Waals surface area contributed by atoms with Crippen molar-refractivity contribution in [3.63, 3.8) is 0 Å². The van der Waals surface area contributed by atoms with Crippen molar-refractivity contribution in [2.75, 3.05) is 23.7 Å². The van der Waals surface area contributed by atoms with Crippen molar-refractivity contribution < 1.29 is 0 Å². The van der Waals surface area contributed by atoms with Gasteiger partial charge in [0.15, 0.2) is 0 Å². The molecular formula is C17H31N3. The van der Waals surface area contributed by atoms with E-state index in [0.717, 1.165) is 31.2 Å². The maximum absolute atomic E-state index is 4.31. The molecule has 2 N–H and O–H groups in total. The van der Waals surface area contributed by atoms with E-state index in [1.165, 1.54) is 37.8 Å². The molecule has 0 spiro atoms. The number of rotatable bonds is 11. The summed E-state index contributed by atoms with van der Waals surface area (Å²) in [6.07, 6.45) is 9.66. The van der Waals surface area contributed by atoms with E-state index in [-0.39, 0.29) is 0 Å². The maximum Gasteiger partial charge on any atom is 0.127 e. The average molecular weight is 277 g/mol. The predicted octanol–water partition coefficient (Wildman–Crippen LogP) is 4.92. The van der Waals surface area contributed by atoms with Crippen LogP contribution >= 0.6 is 0 Å². The van der Waals surface area contributed by atoms with E-state index < -0.39 is 0 Å². The summed E-state index contributed by atoms with van der Waals surface area (Å²) in [5.41, 5.74) is 1.17. The van der Waals surface area contributed by atoms with Crippen molar-refractivity contribution in [3.8, 4) is 0 Å². The Balaban J connectivity index is 2.12. The second-order valence-electron chi connectivity index (χ2n) is 5.88. The molecular weight excluding hydrogens is 246 g/mol. The van der Waals surface area contributed by atoms with Crippen molar-refractivity contribution in [2.45, 2.75) is 59.3 Å². The van der Waals surface area contributed by atoms with E-state index in [9.17, 15) is 0 Å². The molecule has 1 rings (SSSR count). The molecule has 0 aliphatic carbocycles. The topological polar surface area (TPSA) is 37.0 Å². The van der Waals surface area contributed by atoms with Gasteiger partial charge in [-0.15, -0.1) is 0 Å². The van der Waals surface area contributed by atoms with Crippen LogP contribution in [0, 0.1) is 5.92 Å². The first-order chi connectivity index (χ1) is 9.72. The third-order valence-corrected chi connectivity index (χ3v) is 3.35. The van der Waals surface area contributed by atoms with Gasteiger partial charge < -0.3 is 10.6 Å². The molecule has 0 aliphatic rings. The highest BCUT2D eigenvalue weighted by molar-refractivity contribution is 5.51. The van der Waals surface area contributed by atoms with Crippen molar-refractivity contribution in [2.24, 2.45) is 5.92 Å². The smallest absolute Gasteiger partial charge is 0.127 e. The average Bonchev–Trinajstić information content (AvgIpc) is 2.44. The van der Waals surface area contributed by atoms with E-state index in [2.05, 4.69) is 42.5 Å². The predicted molar refractivity (Wildman–Crippen MR) is 89.4 cm³/mol. The summed E-state index contributed by atoms with van der Waals surface area (Å²) in [5, 5.41) is 6.79. The third kappa shape index (κ3) is 8.03. The fourth-order valence-corrected chi connectivity index (χ4v) is 2.15. The van der Waals surface area contributed by atoms with Gasteiger partial charge in [-0.25, -0.2) is 4.98 Å². The summed E-state index contributed by atoms with van der Waals surface area (Å²) in [6, 6.07) is 4.13. The second kappa shape index (κ2) is 10.5. The number of pyridine rings is 1. The van der Waals surface area contributed by atoms with E-state index in [1.807, 2.05) is 12.3 Å². The number of nitrogens with one attached hydrogen (secondary N) is 2. The molecule has 0 radical (unpaired) electrons. The Kier molecular flexibility index (Phi) is 8.84. The van der Waals surface area contributed by atoms with Crippen molar-refractivity contribution in [3.05, 3.63) is 18.3 Å². The SMILES string of the molecule is CCCNc1cc(NCCCCCCC(C)C)ccn1. The van der Waals surface area contributed by atoms with Gasteiger partial charge in [-0.05, 0) is 24.8 Å². The van der Waals surface area contributed by atoms with Crippen LogP contribution in [-0.2, 0) is 0 Å². The van der Waals surface area contributed by atoms with Crippen LogP contribution in [-0.4, -0.2) is 18.1 Å². The Morgan fingerprint density at radius 1 is 1.05 bits per heavy atom. The quantitative estimate of drug-likeness (QED) is 0.564. The molecule has 1 aromatic heterocycles. The zero-order valence-corrected chi connectivity index (χ0v) is 13.4. The van der Waals surface area contributed by atoms with Gasteiger partial charge in [0.1, 0.15) is 5.82 Å². The first-order valence-corrected chi connectivity index (χ1v) is 8.16. The molecule has 0 fully saturated rings. The first-order valence-electron chi connectivity index (χ1n) is 8.16. The van der Waals surface area contributed by atoms with Crippen LogP contribution in [0.2, 0.25) is 0 Å². The summed E-state index contributed by atoms with van der Waals surface area (Å²) in [6.45, 7) is 8.80. The Morgan fingerprint density at radius 2 is 1.85 bits per heavy atom. The number of unbranched alkanes of at least 4 members (excludes halogenated alkanes) is 3. The molecule has 1 aromatic rings. The van der Waals surface area contributed by atoms with Crippen LogP contribution in [0.3, 0.4) is 0 Å². The minimum Gasteiger partial charge on any atom is -0.385 e. The van der Waals surface area contributed by atoms with Crippen molar-refractivity contribution >= 4 is 11.5 Å². The molecule has 3 heteroatoms. The molecule has 20 heavy (non-hydrogen) atoms. The van der Waals surface area contributed by atoms with Crippen LogP contribution < -0.4 is 10.6 Å². The zero-order chi connectivity index (χ0) is 14.6. The molecule has 0 saturated heterocycles. The summed E-state index contributed by atoms with van der Waals surface area (Å²) >= 11 is 0. The van der Waals surface area contributed by atoms with Crippen molar-refractivity contribution in [1.82, 2.24) is 4.98 Å². The molecule has 0 amide bonds. The number of aromatic nitrogens is 1. The van der Waals surface area contributed by atoms with Gasteiger partial charge in [-0.3, -0.25) is 0 Å². The molecule has 0 unspecified atom stereocenters. The van der Waals surface area contributed by atoms with E-state index in [0.29, 0.717) is 0 Å². The minimum absolute atomic E-state index is 0.846. The second-order valence-corrected chi connectivity index (χ2v) is 5.88. The molecule has 0 aliphatic heterocycles. The lowest BCUT2D eigenvalue weighted by atomic mass is 10.0. The summed E-state index contributed by atoms with van der Waals surface area (Å²) in [4.78, 5) is 4.31. The molecule has 0 saturated carbocycles. The van der Waals surface area contributed by atoms with Crippen LogP contribution in [0.5, 0.6) is 0 Å². The normalized spacial score (nSPS) is 10.8. The molecule has 0 aromatic carbocycles. The Bertz CT molecular complexity index is 350. The Hall–Kier alpha value is -1.25. The van der Waals surface area contributed by atoms with Gasteiger partial charge in [-0.2, -0.15) is 0 Å². The molecule has 114 valence electrons. The van der Waals surface area contributed by atoms with Gasteiger partial charge in [0, 0.05) is 31.0 Å². The van der Waals surface area contributed by atoms with E-state index in [4.69, 9.17) is 0 Å². The number of anilines is 2. The highest BCUT2D eigenvalue weighted by Gasteiger charge is 1.97. The maximum atomic E-state index is 4.31.